The fourth-order valence-corrected chi connectivity index (χ4v) is 4.36. The molecule has 0 atom stereocenters. The zero-order valence-corrected chi connectivity index (χ0v) is 18.8. The van der Waals surface area contributed by atoms with Gasteiger partial charge in [-0.3, -0.25) is 4.68 Å². The summed E-state index contributed by atoms with van der Waals surface area (Å²) in [7, 11) is -0.860. The number of carboxylic acid groups (broad SMARTS) is 1. The average molecular weight is 475 g/mol. The molecule has 1 aromatic carbocycles. The third-order valence-corrected chi connectivity index (χ3v) is 6.83. The molecule has 2 aromatic rings. The van der Waals surface area contributed by atoms with E-state index in [1.54, 1.807) is 13.0 Å². The summed E-state index contributed by atoms with van der Waals surface area (Å²) >= 11 is 6.20. The Morgan fingerprint density at radius 1 is 1.39 bits per heavy atom. The Hall–Kier alpha value is -2.47. The van der Waals surface area contributed by atoms with Crippen molar-refractivity contribution in [3.8, 4) is 0 Å². The Kier molecular flexibility index (Phi) is 8.18. The van der Waals surface area contributed by atoms with Crippen LogP contribution in [0.4, 0.5) is 9.18 Å². The number of benzene rings is 1. The molecule has 0 aliphatic rings. The van der Waals surface area contributed by atoms with Gasteiger partial charge in [0, 0.05) is 32.6 Å². The molecule has 0 aliphatic carbocycles. The lowest BCUT2D eigenvalue weighted by molar-refractivity contribution is 0.195. The van der Waals surface area contributed by atoms with Crippen molar-refractivity contribution in [1.82, 2.24) is 19.4 Å². The number of amides is 1. The van der Waals surface area contributed by atoms with Crippen LogP contribution in [0.3, 0.4) is 0 Å². The normalized spacial score (nSPS) is 12.4. The molecular formula is C19H24ClFN4O5S. The van der Waals surface area contributed by atoms with Crippen molar-refractivity contribution in [2.75, 3.05) is 20.6 Å². The molecule has 0 saturated heterocycles. The third kappa shape index (κ3) is 6.03. The van der Waals surface area contributed by atoms with Crippen LogP contribution in [-0.4, -0.2) is 59.4 Å². The van der Waals surface area contributed by atoms with Crippen LogP contribution in [0.5, 0.6) is 0 Å². The average Bonchev–Trinajstić information content (AvgIpc) is 2.95. The Labute approximate surface area is 184 Å². The third-order valence-electron chi connectivity index (χ3n) is 4.53. The van der Waals surface area contributed by atoms with Gasteiger partial charge in [0.1, 0.15) is 10.7 Å². The van der Waals surface area contributed by atoms with Crippen molar-refractivity contribution >= 4 is 27.7 Å². The molecule has 0 bridgehead atoms. The molecule has 0 radical (unpaired) electrons. The van der Waals surface area contributed by atoms with Crippen LogP contribution < -0.4 is 5.32 Å². The number of aliphatic hydroxyl groups is 1. The number of nitrogens with zero attached hydrogens (tertiary/aromatic N) is 3. The first-order valence-electron chi connectivity index (χ1n) is 9.15. The predicted octanol–water partition coefficient (Wildman–Crippen LogP) is 2.30. The van der Waals surface area contributed by atoms with Gasteiger partial charge in [-0.05, 0) is 30.7 Å². The van der Waals surface area contributed by atoms with Crippen molar-refractivity contribution in [3.05, 3.63) is 57.6 Å². The minimum atomic E-state index is -3.69. The molecular weight excluding hydrogens is 451 g/mol. The lowest BCUT2D eigenvalue weighted by Gasteiger charge is -2.13. The Bertz CT molecular complexity index is 1100. The standard InChI is InChI=1S/C19H24ClFN4O5S/c1-12-15(8-13-4-5-18(16(20)9-13)31(29,30)24(2)3)17(11-26)25(23-12)10-14(21)6-7-22-19(27)28/h4-6,9,22,26H,7-8,10-11H2,1-3H3,(H,27,28). The Morgan fingerprint density at radius 3 is 2.61 bits per heavy atom. The zero-order valence-electron chi connectivity index (χ0n) is 17.3. The highest BCUT2D eigenvalue weighted by molar-refractivity contribution is 7.89. The van der Waals surface area contributed by atoms with Crippen LogP contribution in [0.15, 0.2) is 35.0 Å². The van der Waals surface area contributed by atoms with Crippen LogP contribution in [0, 0.1) is 6.92 Å². The van der Waals surface area contributed by atoms with Crippen molar-refractivity contribution in [2.24, 2.45) is 0 Å². The molecule has 9 nitrogen and oxygen atoms in total. The quantitative estimate of drug-likeness (QED) is 0.512. The van der Waals surface area contributed by atoms with Crippen LogP contribution in [0.2, 0.25) is 5.02 Å². The number of rotatable bonds is 9. The summed E-state index contributed by atoms with van der Waals surface area (Å²) in [5.74, 6) is -0.612. The van der Waals surface area contributed by atoms with E-state index in [-0.39, 0.29) is 23.0 Å². The summed E-state index contributed by atoms with van der Waals surface area (Å²) in [6, 6.07) is 4.58. The Balaban J connectivity index is 2.28. The first-order chi connectivity index (χ1) is 14.5. The minimum absolute atomic E-state index is 0.0140. The molecule has 31 heavy (non-hydrogen) atoms. The SMILES string of the molecule is Cc1nn(CC(F)=CCNC(=O)O)c(CO)c1Cc1ccc(S(=O)(=O)N(C)C)c(Cl)c1. The van der Waals surface area contributed by atoms with Gasteiger partial charge < -0.3 is 15.5 Å². The molecule has 1 amide bonds. The molecule has 1 aromatic heterocycles. The monoisotopic (exact) mass is 474 g/mol. The first kappa shape index (κ1) is 24.8. The van der Waals surface area contributed by atoms with Crippen molar-refractivity contribution in [3.63, 3.8) is 0 Å². The summed E-state index contributed by atoms with van der Waals surface area (Å²) in [5.41, 5.74) is 2.33. The van der Waals surface area contributed by atoms with Gasteiger partial charge in [0.15, 0.2) is 0 Å². The number of aryl methyl sites for hydroxylation is 1. The molecule has 12 heteroatoms. The second-order valence-electron chi connectivity index (χ2n) is 6.89. The predicted molar refractivity (Wildman–Crippen MR) is 113 cm³/mol. The van der Waals surface area contributed by atoms with E-state index in [0.717, 1.165) is 10.4 Å². The highest BCUT2D eigenvalue weighted by Crippen LogP contribution is 2.27. The molecule has 2 rings (SSSR count). The summed E-state index contributed by atoms with van der Waals surface area (Å²) in [4.78, 5) is 10.4. The zero-order chi connectivity index (χ0) is 23.3. The number of sulfonamides is 1. The van der Waals surface area contributed by atoms with Crippen LogP contribution in [0.25, 0.3) is 0 Å². The molecule has 0 aliphatic heterocycles. The highest BCUT2D eigenvalue weighted by Gasteiger charge is 2.22. The number of aliphatic hydroxyl groups excluding tert-OH is 1. The maximum absolute atomic E-state index is 14.1. The summed E-state index contributed by atoms with van der Waals surface area (Å²) in [5, 5.41) is 24.7. The fraction of sp³-hybridized carbons (Fsp3) is 0.368. The number of hydrogen-bond donors (Lipinski definition) is 3. The first-order valence-corrected chi connectivity index (χ1v) is 11.0. The molecule has 1 heterocycles. The molecule has 0 spiro atoms. The largest absolute Gasteiger partial charge is 0.465 e. The molecule has 0 unspecified atom stereocenters. The van der Waals surface area contributed by atoms with Crippen LogP contribution in [-0.2, 0) is 29.6 Å². The van der Waals surface area contributed by atoms with E-state index < -0.39 is 28.6 Å². The molecule has 170 valence electrons. The lowest BCUT2D eigenvalue weighted by Crippen LogP contribution is -2.22. The maximum Gasteiger partial charge on any atom is 0.404 e. The van der Waals surface area contributed by atoms with Crippen molar-refractivity contribution in [2.45, 2.75) is 31.4 Å². The van der Waals surface area contributed by atoms with E-state index in [9.17, 15) is 22.7 Å². The number of hydrogen-bond acceptors (Lipinski definition) is 5. The number of aromatic nitrogens is 2. The number of carbonyl (C=O) groups is 1. The van der Waals surface area contributed by atoms with E-state index in [2.05, 4.69) is 5.10 Å². The lowest BCUT2D eigenvalue weighted by atomic mass is 10.0. The summed E-state index contributed by atoms with van der Waals surface area (Å²) in [6.45, 7) is 0.866. The van der Waals surface area contributed by atoms with E-state index in [4.69, 9.17) is 16.7 Å². The smallest absolute Gasteiger partial charge is 0.404 e. The van der Waals surface area contributed by atoms with Crippen molar-refractivity contribution in [1.29, 1.82) is 0 Å². The van der Waals surface area contributed by atoms with E-state index in [1.807, 2.05) is 5.32 Å². The number of allylic oxidation sites excluding steroid dienone is 1. The van der Waals surface area contributed by atoms with Gasteiger partial charge in [-0.2, -0.15) is 5.10 Å². The van der Waals surface area contributed by atoms with Crippen LogP contribution >= 0.6 is 11.6 Å². The summed E-state index contributed by atoms with van der Waals surface area (Å²) in [6.07, 6.45) is 0.117. The van der Waals surface area contributed by atoms with Gasteiger partial charge in [-0.25, -0.2) is 21.9 Å². The van der Waals surface area contributed by atoms with Gasteiger partial charge >= 0.3 is 6.09 Å². The van der Waals surface area contributed by atoms with E-state index in [0.29, 0.717) is 28.9 Å². The van der Waals surface area contributed by atoms with Crippen molar-refractivity contribution < 1.29 is 27.8 Å². The van der Waals surface area contributed by atoms with Gasteiger partial charge in [-0.1, -0.05) is 17.7 Å². The maximum atomic E-state index is 14.1. The molecule has 0 fully saturated rings. The van der Waals surface area contributed by atoms with Crippen LogP contribution in [0.1, 0.15) is 22.5 Å². The van der Waals surface area contributed by atoms with Gasteiger partial charge in [-0.15, -0.1) is 0 Å². The summed E-state index contributed by atoms with van der Waals surface area (Å²) < 4.78 is 41.1. The second-order valence-corrected chi connectivity index (χ2v) is 9.42. The molecule has 0 saturated carbocycles. The minimum Gasteiger partial charge on any atom is -0.465 e. The topological polar surface area (TPSA) is 125 Å². The number of nitrogens with one attached hydrogen (secondary N) is 1. The second kappa shape index (κ2) is 10.2. The fourth-order valence-electron chi connectivity index (χ4n) is 2.93. The molecule has 3 N–H and O–H groups in total. The van der Waals surface area contributed by atoms with E-state index >= 15 is 0 Å². The van der Waals surface area contributed by atoms with Gasteiger partial charge in [0.2, 0.25) is 10.0 Å². The Morgan fingerprint density at radius 2 is 2.06 bits per heavy atom. The van der Waals surface area contributed by atoms with Gasteiger partial charge in [0.05, 0.1) is 29.6 Å². The van der Waals surface area contributed by atoms with Gasteiger partial charge in [0.25, 0.3) is 0 Å². The van der Waals surface area contributed by atoms with E-state index in [1.165, 1.54) is 30.9 Å². The highest BCUT2D eigenvalue weighted by atomic mass is 35.5. The number of halogens is 2.